The molecule has 2 amide bonds. The fourth-order valence-corrected chi connectivity index (χ4v) is 1.84. The highest BCUT2D eigenvalue weighted by atomic mass is 16.3. The summed E-state index contributed by atoms with van der Waals surface area (Å²) in [6.45, 7) is 2.81. The van der Waals surface area contributed by atoms with Crippen molar-refractivity contribution in [2.24, 2.45) is 0 Å². The van der Waals surface area contributed by atoms with Crippen LogP contribution in [-0.4, -0.2) is 59.5 Å². The fraction of sp³-hybridized carbons (Fsp3) is 0.417. The summed E-state index contributed by atoms with van der Waals surface area (Å²) in [6.07, 6.45) is 2.58. The molecule has 0 atom stereocenters. The van der Waals surface area contributed by atoms with E-state index in [1.807, 2.05) is 0 Å². The summed E-state index contributed by atoms with van der Waals surface area (Å²) in [5.41, 5.74) is 0.230. The van der Waals surface area contributed by atoms with Gasteiger partial charge in [-0.25, -0.2) is 0 Å². The van der Waals surface area contributed by atoms with Gasteiger partial charge in [-0.2, -0.15) is 0 Å². The summed E-state index contributed by atoms with van der Waals surface area (Å²) >= 11 is 0. The van der Waals surface area contributed by atoms with Crippen LogP contribution in [-0.2, 0) is 4.79 Å². The van der Waals surface area contributed by atoms with Crippen molar-refractivity contribution in [1.82, 2.24) is 20.5 Å². The average Bonchev–Trinajstić information content (AvgIpc) is 2.45. The molecule has 0 bridgehead atoms. The summed E-state index contributed by atoms with van der Waals surface area (Å²) in [5, 5.41) is 14.9. The minimum atomic E-state index is -0.424. The number of rotatable bonds is 3. The Kier molecular flexibility index (Phi) is 4.30. The van der Waals surface area contributed by atoms with E-state index < -0.39 is 5.91 Å². The van der Waals surface area contributed by atoms with Gasteiger partial charge >= 0.3 is 0 Å². The van der Waals surface area contributed by atoms with Crippen molar-refractivity contribution in [3.8, 4) is 5.75 Å². The van der Waals surface area contributed by atoms with E-state index in [0.717, 1.165) is 13.1 Å². The number of piperazine rings is 1. The van der Waals surface area contributed by atoms with E-state index in [0.29, 0.717) is 13.1 Å². The molecule has 7 nitrogen and oxygen atoms in total. The molecule has 1 aromatic rings. The van der Waals surface area contributed by atoms with E-state index in [-0.39, 0.29) is 23.8 Å². The first kappa shape index (κ1) is 13.3. The molecule has 0 aliphatic carbocycles. The molecule has 3 N–H and O–H groups in total. The van der Waals surface area contributed by atoms with Crippen LogP contribution in [0.5, 0.6) is 5.75 Å². The van der Waals surface area contributed by atoms with Crippen LogP contribution in [0.2, 0.25) is 0 Å². The van der Waals surface area contributed by atoms with Gasteiger partial charge in [0.15, 0.2) is 0 Å². The Hall–Kier alpha value is -2.15. The predicted octanol–water partition coefficient (Wildman–Crippen LogP) is -1.05. The minimum absolute atomic E-state index is 0.0471. The van der Waals surface area contributed by atoms with Crippen LogP contribution in [0.4, 0.5) is 0 Å². The Bertz CT molecular complexity index is 472. The van der Waals surface area contributed by atoms with Crippen LogP contribution in [0.15, 0.2) is 18.5 Å². The molecular formula is C12H16N4O3. The van der Waals surface area contributed by atoms with E-state index in [1.165, 1.54) is 18.5 Å². The molecule has 1 aliphatic rings. The fourth-order valence-electron chi connectivity index (χ4n) is 1.84. The van der Waals surface area contributed by atoms with Gasteiger partial charge in [-0.15, -0.1) is 0 Å². The first-order valence-electron chi connectivity index (χ1n) is 6.07. The molecule has 1 aromatic heterocycles. The Morgan fingerprint density at radius 1 is 1.37 bits per heavy atom. The number of amides is 2. The molecule has 19 heavy (non-hydrogen) atoms. The zero-order chi connectivity index (χ0) is 13.7. The molecule has 1 aliphatic heterocycles. The summed E-state index contributed by atoms with van der Waals surface area (Å²) in [5.74, 6) is -0.615. The standard InChI is InChI=1S/C12H16N4O3/c17-10-5-9(6-14-7-10)12(19)15-8-11(18)16-3-1-13-2-4-16/h5-7,13,17H,1-4,8H2,(H,15,19). The Balaban J connectivity index is 1.84. The number of aromatic hydroxyl groups is 1. The van der Waals surface area contributed by atoms with E-state index in [2.05, 4.69) is 15.6 Å². The number of aromatic nitrogens is 1. The maximum atomic E-state index is 11.8. The molecular weight excluding hydrogens is 248 g/mol. The maximum absolute atomic E-state index is 11.8. The average molecular weight is 264 g/mol. The SMILES string of the molecule is O=C(NCC(=O)N1CCNCC1)c1cncc(O)c1. The summed E-state index contributed by atoms with van der Waals surface area (Å²) in [6, 6.07) is 1.30. The number of carbonyl (C=O) groups excluding carboxylic acids is 2. The first-order valence-corrected chi connectivity index (χ1v) is 6.07. The largest absolute Gasteiger partial charge is 0.506 e. The second-order valence-electron chi connectivity index (χ2n) is 4.25. The van der Waals surface area contributed by atoms with Crippen molar-refractivity contribution in [1.29, 1.82) is 0 Å². The van der Waals surface area contributed by atoms with Crippen molar-refractivity contribution < 1.29 is 14.7 Å². The van der Waals surface area contributed by atoms with Crippen molar-refractivity contribution in [2.75, 3.05) is 32.7 Å². The molecule has 0 aromatic carbocycles. The third-order valence-corrected chi connectivity index (χ3v) is 2.86. The van der Waals surface area contributed by atoms with Crippen molar-refractivity contribution in [2.45, 2.75) is 0 Å². The zero-order valence-electron chi connectivity index (χ0n) is 10.4. The molecule has 2 rings (SSSR count). The van der Waals surface area contributed by atoms with Crippen LogP contribution in [0, 0.1) is 0 Å². The van der Waals surface area contributed by atoms with Gasteiger partial charge in [-0.3, -0.25) is 14.6 Å². The lowest BCUT2D eigenvalue weighted by molar-refractivity contribution is -0.130. The lowest BCUT2D eigenvalue weighted by atomic mass is 10.2. The molecule has 0 spiro atoms. The molecule has 7 heteroatoms. The Morgan fingerprint density at radius 2 is 2.11 bits per heavy atom. The van der Waals surface area contributed by atoms with Gasteiger partial charge in [0.2, 0.25) is 5.91 Å². The molecule has 2 heterocycles. The Labute approximate surface area is 110 Å². The summed E-state index contributed by atoms with van der Waals surface area (Å²) in [4.78, 5) is 29.0. The lowest BCUT2D eigenvalue weighted by Crippen LogP contribution is -2.49. The van der Waals surface area contributed by atoms with Gasteiger partial charge in [0.1, 0.15) is 5.75 Å². The van der Waals surface area contributed by atoms with Gasteiger partial charge in [0.25, 0.3) is 5.91 Å². The van der Waals surface area contributed by atoms with Crippen LogP contribution >= 0.6 is 0 Å². The van der Waals surface area contributed by atoms with E-state index in [1.54, 1.807) is 4.90 Å². The number of nitrogens with zero attached hydrogens (tertiary/aromatic N) is 2. The van der Waals surface area contributed by atoms with E-state index >= 15 is 0 Å². The topological polar surface area (TPSA) is 94.6 Å². The zero-order valence-corrected chi connectivity index (χ0v) is 10.4. The number of hydrogen-bond acceptors (Lipinski definition) is 5. The van der Waals surface area contributed by atoms with Gasteiger partial charge in [0.05, 0.1) is 18.3 Å². The van der Waals surface area contributed by atoms with Crippen LogP contribution in [0.1, 0.15) is 10.4 Å². The Morgan fingerprint density at radius 3 is 2.79 bits per heavy atom. The van der Waals surface area contributed by atoms with Crippen LogP contribution in [0.25, 0.3) is 0 Å². The van der Waals surface area contributed by atoms with Gasteiger partial charge in [-0.05, 0) is 6.07 Å². The van der Waals surface area contributed by atoms with Gasteiger partial charge < -0.3 is 20.6 Å². The second kappa shape index (κ2) is 6.14. The molecule has 1 fully saturated rings. The molecule has 1 saturated heterocycles. The highest BCUT2D eigenvalue weighted by Crippen LogP contribution is 2.07. The third-order valence-electron chi connectivity index (χ3n) is 2.86. The van der Waals surface area contributed by atoms with Crippen molar-refractivity contribution >= 4 is 11.8 Å². The van der Waals surface area contributed by atoms with Crippen LogP contribution in [0.3, 0.4) is 0 Å². The minimum Gasteiger partial charge on any atom is -0.506 e. The monoisotopic (exact) mass is 264 g/mol. The number of pyridine rings is 1. The quantitative estimate of drug-likeness (QED) is 0.647. The molecule has 0 saturated carbocycles. The lowest BCUT2D eigenvalue weighted by Gasteiger charge is -2.27. The highest BCUT2D eigenvalue weighted by Gasteiger charge is 2.17. The number of nitrogens with one attached hydrogen (secondary N) is 2. The summed E-state index contributed by atoms with van der Waals surface area (Å²) < 4.78 is 0. The van der Waals surface area contributed by atoms with Crippen LogP contribution < -0.4 is 10.6 Å². The third kappa shape index (κ3) is 3.65. The maximum Gasteiger partial charge on any atom is 0.253 e. The number of carbonyl (C=O) groups is 2. The molecule has 0 radical (unpaired) electrons. The molecule has 0 unspecified atom stereocenters. The smallest absolute Gasteiger partial charge is 0.253 e. The van der Waals surface area contributed by atoms with Gasteiger partial charge in [-0.1, -0.05) is 0 Å². The first-order chi connectivity index (χ1) is 9.16. The highest BCUT2D eigenvalue weighted by molar-refractivity contribution is 5.96. The van der Waals surface area contributed by atoms with Gasteiger partial charge in [0, 0.05) is 32.4 Å². The van der Waals surface area contributed by atoms with Crippen molar-refractivity contribution in [3.05, 3.63) is 24.0 Å². The predicted molar refractivity (Wildman–Crippen MR) is 67.7 cm³/mol. The molecule has 102 valence electrons. The normalized spacial score (nSPS) is 15.1. The van der Waals surface area contributed by atoms with Crippen molar-refractivity contribution in [3.63, 3.8) is 0 Å². The number of hydrogen-bond donors (Lipinski definition) is 3. The summed E-state index contributed by atoms with van der Waals surface area (Å²) in [7, 11) is 0. The van der Waals surface area contributed by atoms with E-state index in [4.69, 9.17) is 0 Å². The second-order valence-corrected chi connectivity index (χ2v) is 4.25. The van der Waals surface area contributed by atoms with E-state index in [9.17, 15) is 14.7 Å².